The van der Waals surface area contributed by atoms with E-state index in [-0.39, 0.29) is 36.9 Å². The van der Waals surface area contributed by atoms with E-state index in [0.717, 1.165) is 51.9 Å². The summed E-state index contributed by atoms with van der Waals surface area (Å²) >= 11 is 0. The lowest BCUT2D eigenvalue weighted by Crippen LogP contribution is -2.52. The molecule has 34 heavy (non-hydrogen) atoms. The van der Waals surface area contributed by atoms with E-state index in [1.165, 1.54) is 25.8 Å². The molecule has 10 nitrogen and oxygen atoms in total. The maximum absolute atomic E-state index is 11.9. The molecule has 198 valence electrons. The molecule has 3 heterocycles. The minimum Gasteiger partial charge on any atom is -0.481 e. The first-order valence-electron chi connectivity index (χ1n) is 12.0. The Hall–Kier alpha value is -1.17. The average molecular weight is 527 g/mol. The number of carboxylic acids is 1. The van der Waals surface area contributed by atoms with Crippen molar-refractivity contribution in [3.63, 3.8) is 0 Å². The summed E-state index contributed by atoms with van der Waals surface area (Å²) in [6, 6.07) is 0.0988. The zero-order chi connectivity index (χ0) is 22.9. The average Bonchev–Trinajstić information content (AvgIpc) is 2.80. The van der Waals surface area contributed by atoms with Crippen molar-refractivity contribution in [3.8, 4) is 0 Å². The highest BCUT2D eigenvalue weighted by molar-refractivity contribution is 5.99. The molecule has 0 bridgehead atoms. The molecule has 3 aliphatic heterocycles. The Balaban J connectivity index is 0.00000289. The molecule has 0 unspecified atom stereocenters. The second-order valence-corrected chi connectivity index (χ2v) is 9.12. The summed E-state index contributed by atoms with van der Waals surface area (Å²) in [4.78, 5) is 27.1. The molecule has 3 fully saturated rings. The van der Waals surface area contributed by atoms with Crippen LogP contribution < -0.4 is 11.1 Å². The molecule has 12 heteroatoms. The molecular weight excluding hydrogens is 485 g/mol. The van der Waals surface area contributed by atoms with Gasteiger partial charge in [-0.15, -0.1) is 24.8 Å². The van der Waals surface area contributed by atoms with Gasteiger partial charge >= 0.3 is 5.97 Å². The standard InChI is InChI=1S/C22H39N5O5.2ClH/c23-19(15-20(28)29)21(30)25-22(24)26-10-4-18(5-11-26)32-14-8-16-3-1-2-9-27(16)17-6-12-31-13-7-17;;/h16-19H,1-15,23H2,(H,28,29)(H2,24,25,30);2*1H/t16-,19+;;/m0../s1. The van der Waals surface area contributed by atoms with Crippen LogP contribution in [0.5, 0.6) is 0 Å². The molecule has 3 saturated heterocycles. The lowest BCUT2D eigenvalue weighted by atomic mass is 9.94. The molecule has 0 saturated carbocycles. The SMILES string of the molecule is Cl.Cl.N=C(NC(=O)[C@H](N)CC(=O)O)N1CCC(OCC[C@@H]2CCCCN2C2CCOCC2)CC1. The van der Waals surface area contributed by atoms with Gasteiger partial charge in [0.2, 0.25) is 5.91 Å². The van der Waals surface area contributed by atoms with Crippen LogP contribution in [0, 0.1) is 5.41 Å². The van der Waals surface area contributed by atoms with E-state index in [4.69, 9.17) is 25.7 Å². The Labute approximate surface area is 214 Å². The summed E-state index contributed by atoms with van der Waals surface area (Å²) in [6.07, 6.45) is 8.49. The van der Waals surface area contributed by atoms with Gasteiger partial charge in [0.1, 0.15) is 0 Å². The van der Waals surface area contributed by atoms with Crippen molar-refractivity contribution in [2.45, 2.75) is 82.0 Å². The highest BCUT2D eigenvalue weighted by Crippen LogP contribution is 2.27. The predicted molar refractivity (Wildman–Crippen MR) is 134 cm³/mol. The highest BCUT2D eigenvalue weighted by Gasteiger charge is 2.30. The summed E-state index contributed by atoms with van der Waals surface area (Å²) in [5.41, 5.74) is 5.55. The molecule has 0 spiro atoms. The Morgan fingerprint density at radius 3 is 2.41 bits per heavy atom. The second-order valence-electron chi connectivity index (χ2n) is 9.12. The number of nitrogens with two attached hydrogens (primary N) is 1. The number of halogens is 2. The summed E-state index contributed by atoms with van der Waals surface area (Å²) < 4.78 is 11.7. The van der Waals surface area contributed by atoms with Gasteiger partial charge in [-0.1, -0.05) is 6.42 Å². The minimum atomic E-state index is -1.16. The zero-order valence-electron chi connectivity index (χ0n) is 19.8. The fraction of sp³-hybridized carbons (Fsp3) is 0.864. The van der Waals surface area contributed by atoms with Gasteiger partial charge in [-0.2, -0.15) is 0 Å². The van der Waals surface area contributed by atoms with Crippen LogP contribution in [0.15, 0.2) is 0 Å². The number of amides is 1. The van der Waals surface area contributed by atoms with Crippen molar-refractivity contribution in [1.82, 2.24) is 15.1 Å². The van der Waals surface area contributed by atoms with Gasteiger partial charge in [-0.05, 0) is 51.5 Å². The van der Waals surface area contributed by atoms with Crippen LogP contribution in [0.1, 0.15) is 57.8 Å². The third kappa shape index (κ3) is 9.47. The van der Waals surface area contributed by atoms with Crippen molar-refractivity contribution in [1.29, 1.82) is 5.41 Å². The van der Waals surface area contributed by atoms with E-state index >= 15 is 0 Å². The van der Waals surface area contributed by atoms with Crippen LogP contribution in [0.25, 0.3) is 0 Å². The minimum absolute atomic E-state index is 0. The van der Waals surface area contributed by atoms with Crippen molar-refractivity contribution in [3.05, 3.63) is 0 Å². The fourth-order valence-electron chi connectivity index (χ4n) is 5.02. The smallest absolute Gasteiger partial charge is 0.305 e. The van der Waals surface area contributed by atoms with Gasteiger partial charge in [0.15, 0.2) is 5.96 Å². The molecule has 0 aliphatic carbocycles. The quantitative estimate of drug-likeness (QED) is 0.276. The van der Waals surface area contributed by atoms with Gasteiger partial charge in [0.05, 0.1) is 18.6 Å². The number of nitrogens with one attached hydrogen (secondary N) is 2. The van der Waals surface area contributed by atoms with Gasteiger partial charge in [0.25, 0.3) is 0 Å². The van der Waals surface area contributed by atoms with Gasteiger partial charge in [-0.3, -0.25) is 25.2 Å². The lowest BCUT2D eigenvalue weighted by molar-refractivity contribution is -0.139. The van der Waals surface area contributed by atoms with Crippen LogP contribution in [-0.2, 0) is 19.1 Å². The van der Waals surface area contributed by atoms with Crippen LogP contribution in [0.3, 0.4) is 0 Å². The first-order valence-corrected chi connectivity index (χ1v) is 12.0. The van der Waals surface area contributed by atoms with Crippen LogP contribution >= 0.6 is 24.8 Å². The van der Waals surface area contributed by atoms with Crippen molar-refractivity contribution >= 4 is 42.7 Å². The molecule has 0 radical (unpaired) electrons. The van der Waals surface area contributed by atoms with E-state index < -0.39 is 24.3 Å². The number of guanidine groups is 1. The number of hydrogen-bond acceptors (Lipinski definition) is 7. The largest absolute Gasteiger partial charge is 0.481 e. The van der Waals surface area contributed by atoms with E-state index in [0.29, 0.717) is 25.2 Å². The number of hydrogen-bond donors (Lipinski definition) is 4. The molecular formula is C22H41Cl2N5O5. The molecule has 0 aromatic rings. The monoisotopic (exact) mass is 525 g/mol. The van der Waals surface area contributed by atoms with Crippen LogP contribution in [0.2, 0.25) is 0 Å². The molecule has 3 aliphatic rings. The topological polar surface area (TPSA) is 141 Å². The van der Waals surface area contributed by atoms with E-state index in [2.05, 4.69) is 10.2 Å². The summed E-state index contributed by atoms with van der Waals surface area (Å²) in [5.74, 6) is -1.80. The Bertz CT molecular complexity index is 645. The third-order valence-electron chi connectivity index (χ3n) is 6.87. The molecule has 5 N–H and O–H groups in total. The summed E-state index contributed by atoms with van der Waals surface area (Å²) in [5, 5.41) is 19.2. The predicted octanol–water partition coefficient (Wildman–Crippen LogP) is 1.59. The molecule has 0 aromatic heterocycles. The first kappa shape index (κ1) is 30.9. The molecule has 0 aromatic carbocycles. The number of aliphatic carboxylic acids is 1. The van der Waals surface area contributed by atoms with Crippen LogP contribution in [-0.4, -0.2) is 96.4 Å². The number of likely N-dealkylation sites (tertiary alicyclic amines) is 2. The maximum atomic E-state index is 11.9. The number of nitrogens with zero attached hydrogens (tertiary/aromatic N) is 2. The normalized spacial score (nSPS) is 23.3. The Morgan fingerprint density at radius 2 is 1.76 bits per heavy atom. The lowest BCUT2D eigenvalue weighted by Gasteiger charge is -2.43. The van der Waals surface area contributed by atoms with Gasteiger partial charge in [0, 0.05) is 45.0 Å². The molecule has 1 amide bonds. The number of carboxylic acid groups (broad SMARTS) is 1. The Morgan fingerprint density at radius 1 is 1.09 bits per heavy atom. The number of rotatable bonds is 8. The van der Waals surface area contributed by atoms with Crippen molar-refractivity contribution < 1.29 is 24.2 Å². The third-order valence-corrected chi connectivity index (χ3v) is 6.87. The van der Waals surface area contributed by atoms with Gasteiger partial charge < -0.3 is 25.2 Å². The molecule has 2 atom stereocenters. The number of carbonyl (C=O) groups is 2. The first-order chi connectivity index (χ1) is 15.4. The van der Waals surface area contributed by atoms with E-state index in [9.17, 15) is 9.59 Å². The summed E-state index contributed by atoms with van der Waals surface area (Å²) in [6.45, 7) is 4.95. The van der Waals surface area contributed by atoms with E-state index in [1.807, 2.05) is 0 Å². The zero-order valence-corrected chi connectivity index (χ0v) is 21.4. The number of ether oxygens (including phenoxy) is 2. The summed E-state index contributed by atoms with van der Waals surface area (Å²) in [7, 11) is 0. The highest BCUT2D eigenvalue weighted by atomic mass is 35.5. The van der Waals surface area contributed by atoms with Crippen molar-refractivity contribution in [2.24, 2.45) is 5.73 Å². The fourth-order valence-corrected chi connectivity index (χ4v) is 5.02. The van der Waals surface area contributed by atoms with Crippen molar-refractivity contribution in [2.75, 3.05) is 39.5 Å². The Kier molecular flexibility index (Phi) is 14.3. The second kappa shape index (κ2) is 15.7. The van der Waals surface area contributed by atoms with Gasteiger partial charge in [-0.25, -0.2) is 0 Å². The maximum Gasteiger partial charge on any atom is 0.305 e. The number of piperidine rings is 2. The molecule has 3 rings (SSSR count). The van der Waals surface area contributed by atoms with E-state index in [1.54, 1.807) is 4.90 Å². The van der Waals surface area contributed by atoms with Crippen LogP contribution in [0.4, 0.5) is 0 Å². The number of carbonyl (C=O) groups excluding carboxylic acids is 1.